The van der Waals surface area contributed by atoms with Gasteiger partial charge in [0, 0.05) is 27.1 Å². The van der Waals surface area contributed by atoms with Crippen LogP contribution in [0.25, 0.3) is 0 Å². The maximum atomic E-state index is 11.7. The molecule has 5 nitrogen and oxygen atoms in total. The summed E-state index contributed by atoms with van der Waals surface area (Å²) in [5.41, 5.74) is 0.611. The van der Waals surface area contributed by atoms with Gasteiger partial charge in [-0.2, -0.15) is 0 Å². The van der Waals surface area contributed by atoms with Crippen LogP contribution in [0, 0.1) is 0 Å². The van der Waals surface area contributed by atoms with Crippen LogP contribution in [-0.2, 0) is 23.4 Å². The molecule has 0 spiro atoms. The van der Waals surface area contributed by atoms with Crippen LogP contribution in [0.1, 0.15) is 40.5 Å². The van der Waals surface area contributed by atoms with Gasteiger partial charge in [0.2, 0.25) is 0 Å². The van der Waals surface area contributed by atoms with Crippen LogP contribution in [0.5, 0.6) is 0 Å². The Labute approximate surface area is 205 Å². The van der Waals surface area contributed by atoms with E-state index in [9.17, 15) is 4.79 Å². The van der Waals surface area contributed by atoms with E-state index in [4.69, 9.17) is 18.6 Å². The highest BCUT2D eigenvalue weighted by molar-refractivity contribution is 6.99. The van der Waals surface area contributed by atoms with Crippen LogP contribution >= 0.6 is 0 Å². The Hall–Kier alpha value is -2.09. The molecule has 1 aliphatic rings. The minimum Gasteiger partial charge on any atom is -0.398 e. The Morgan fingerprint density at radius 3 is 1.97 bits per heavy atom. The Kier molecular flexibility index (Phi) is 9.01. The van der Waals surface area contributed by atoms with Crippen molar-refractivity contribution >= 4 is 25.0 Å². The number of hydrogen-bond donors (Lipinski definition) is 0. The predicted molar refractivity (Wildman–Crippen MR) is 138 cm³/mol. The summed E-state index contributed by atoms with van der Waals surface area (Å²) in [7, 11) is 0.493. The lowest BCUT2D eigenvalue weighted by atomic mass is 9.99. The number of aldehydes is 1. The molecule has 0 unspecified atom stereocenters. The Bertz CT molecular complexity index is 887. The molecule has 184 valence electrons. The number of benzene rings is 2. The number of allylic oxidation sites excluding steroid dienone is 1. The van der Waals surface area contributed by atoms with Gasteiger partial charge in [-0.3, -0.25) is 4.79 Å². The van der Waals surface area contributed by atoms with Gasteiger partial charge in [-0.1, -0.05) is 81.4 Å². The Balaban J connectivity index is 2.18. The van der Waals surface area contributed by atoms with Crippen molar-refractivity contribution in [2.75, 3.05) is 14.2 Å². The first-order chi connectivity index (χ1) is 16.2. The molecule has 1 fully saturated rings. The zero-order valence-corrected chi connectivity index (χ0v) is 22.2. The van der Waals surface area contributed by atoms with Crippen molar-refractivity contribution in [1.82, 2.24) is 0 Å². The lowest BCUT2D eigenvalue weighted by Gasteiger charge is -2.47. The standard InChI is InChI=1S/C28H38O5Si/c1-21(20-29)17-26(25-18-22(30-5)19-27(31-6)32-25)33-34(28(2,3)4,23-13-9-7-10-14-23)24-15-11-8-12-16-24/h7-17,20,22,25-27H,18-19H2,1-6H3/b21-17+/t22-,25-,26-,27-/m1/s1. The van der Waals surface area contributed by atoms with Crippen LogP contribution < -0.4 is 10.4 Å². The topological polar surface area (TPSA) is 54.0 Å². The lowest BCUT2D eigenvalue weighted by Crippen LogP contribution is -2.68. The van der Waals surface area contributed by atoms with E-state index in [1.807, 2.05) is 18.2 Å². The van der Waals surface area contributed by atoms with Crippen molar-refractivity contribution in [3.05, 3.63) is 72.3 Å². The lowest BCUT2D eigenvalue weighted by molar-refractivity contribution is -0.220. The molecule has 0 aliphatic carbocycles. The molecule has 1 aliphatic heterocycles. The van der Waals surface area contributed by atoms with Crippen molar-refractivity contribution in [3.8, 4) is 0 Å². The summed E-state index contributed by atoms with van der Waals surface area (Å²) in [5, 5.41) is 2.16. The second-order valence-electron chi connectivity index (χ2n) is 9.94. The van der Waals surface area contributed by atoms with Crippen molar-refractivity contribution < 1.29 is 23.4 Å². The second-order valence-corrected chi connectivity index (χ2v) is 14.2. The van der Waals surface area contributed by atoms with E-state index in [0.717, 1.165) is 6.29 Å². The normalized spacial score (nSPS) is 22.9. The molecule has 0 N–H and O–H groups in total. The van der Waals surface area contributed by atoms with E-state index >= 15 is 0 Å². The highest BCUT2D eigenvalue weighted by Crippen LogP contribution is 2.39. The molecule has 1 heterocycles. The third kappa shape index (κ3) is 5.75. The number of hydrogen-bond acceptors (Lipinski definition) is 5. The van der Waals surface area contributed by atoms with Crippen molar-refractivity contribution in [3.63, 3.8) is 0 Å². The molecule has 0 bridgehead atoms. The first-order valence-electron chi connectivity index (χ1n) is 11.9. The van der Waals surface area contributed by atoms with Crippen LogP contribution in [0.3, 0.4) is 0 Å². The van der Waals surface area contributed by atoms with E-state index < -0.39 is 14.4 Å². The summed E-state index contributed by atoms with van der Waals surface area (Å²) in [6.07, 6.45) is 2.91. The van der Waals surface area contributed by atoms with Gasteiger partial charge >= 0.3 is 0 Å². The zero-order valence-electron chi connectivity index (χ0n) is 21.2. The van der Waals surface area contributed by atoms with E-state index in [1.165, 1.54) is 10.4 Å². The van der Waals surface area contributed by atoms with Gasteiger partial charge in [0.05, 0.1) is 18.3 Å². The van der Waals surface area contributed by atoms with Crippen molar-refractivity contribution in [2.24, 2.45) is 0 Å². The van der Waals surface area contributed by atoms with Gasteiger partial charge in [0.1, 0.15) is 6.29 Å². The molecule has 2 aromatic carbocycles. The minimum atomic E-state index is -2.86. The van der Waals surface area contributed by atoms with E-state index in [1.54, 1.807) is 21.1 Å². The summed E-state index contributed by atoms with van der Waals surface area (Å²) < 4.78 is 25.0. The van der Waals surface area contributed by atoms with Gasteiger partial charge in [-0.15, -0.1) is 0 Å². The molecule has 4 atom stereocenters. The number of ether oxygens (including phenoxy) is 3. The van der Waals surface area contributed by atoms with Crippen molar-refractivity contribution in [2.45, 2.75) is 70.2 Å². The summed E-state index contributed by atoms with van der Waals surface area (Å²) in [5.74, 6) is 0. The average Bonchev–Trinajstić information content (AvgIpc) is 2.86. The highest BCUT2D eigenvalue weighted by Gasteiger charge is 2.52. The molecule has 2 aromatic rings. The van der Waals surface area contributed by atoms with Crippen LogP contribution in [0.2, 0.25) is 5.04 Å². The smallest absolute Gasteiger partial charge is 0.262 e. The molecule has 3 rings (SSSR count). The van der Waals surface area contributed by atoms with E-state index in [0.29, 0.717) is 18.4 Å². The first kappa shape index (κ1) is 26.5. The maximum Gasteiger partial charge on any atom is 0.262 e. The molecular formula is C28H38O5Si. The highest BCUT2D eigenvalue weighted by atomic mass is 28.4. The largest absolute Gasteiger partial charge is 0.398 e. The monoisotopic (exact) mass is 482 g/mol. The van der Waals surface area contributed by atoms with Gasteiger partial charge in [-0.25, -0.2) is 0 Å². The van der Waals surface area contributed by atoms with Gasteiger partial charge in [-0.05, 0) is 34.0 Å². The van der Waals surface area contributed by atoms with Crippen LogP contribution in [-0.4, -0.2) is 53.4 Å². The zero-order chi connectivity index (χ0) is 24.8. The minimum absolute atomic E-state index is 0.0149. The third-order valence-electron chi connectivity index (χ3n) is 6.58. The van der Waals surface area contributed by atoms with Gasteiger partial charge < -0.3 is 18.6 Å². The molecule has 0 radical (unpaired) electrons. The molecular weight excluding hydrogens is 444 g/mol. The van der Waals surface area contributed by atoms with Gasteiger partial charge in [0.15, 0.2) is 6.29 Å². The fourth-order valence-corrected chi connectivity index (χ4v) is 9.49. The molecule has 1 saturated heterocycles. The summed E-state index contributed by atoms with van der Waals surface area (Å²) in [6.45, 7) is 8.53. The van der Waals surface area contributed by atoms with E-state index in [2.05, 4.69) is 69.3 Å². The number of rotatable bonds is 9. The quantitative estimate of drug-likeness (QED) is 0.304. The summed E-state index contributed by atoms with van der Waals surface area (Å²) in [4.78, 5) is 11.7. The second kappa shape index (κ2) is 11.6. The maximum absolute atomic E-state index is 11.7. The number of methoxy groups -OCH3 is 2. The third-order valence-corrected chi connectivity index (χ3v) is 11.6. The average molecular weight is 483 g/mol. The molecule has 34 heavy (non-hydrogen) atoms. The SMILES string of the molecule is CO[C@H]1C[C@H](OC)O[C@@H]([C@@H](/C=C(\C)C=O)O[Si](c2ccccc2)(c2ccccc2)C(C)(C)C)C1. The number of carbonyl (C=O) groups is 1. The predicted octanol–water partition coefficient (Wildman–Crippen LogP) is 4.24. The molecule has 0 saturated carbocycles. The molecule has 6 heteroatoms. The van der Waals surface area contributed by atoms with E-state index in [-0.39, 0.29) is 23.5 Å². The van der Waals surface area contributed by atoms with Gasteiger partial charge in [0.25, 0.3) is 8.32 Å². The first-order valence-corrected chi connectivity index (χ1v) is 13.8. The fraction of sp³-hybridized carbons (Fsp3) is 0.464. The van der Waals surface area contributed by atoms with Crippen LogP contribution in [0.15, 0.2) is 72.3 Å². The Morgan fingerprint density at radius 1 is 0.971 bits per heavy atom. The molecule has 0 aromatic heterocycles. The fourth-order valence-electron chi connectivity index (χ4n) is 4.84. The molecule has 0 amide bonds. The van der Waals surface area contributed by atoms with Crippen molar-refractivity contribution in [1.29, 1.82) is 0 Å². The summed E-state index contributed by atoms with van der Waals surface area (Å²) >= 11 is 0. The number of carbonyl (C=O) groups excluding carboxylic acids is 1. The Morgan fingerprint density at radius 2 is 1.53 bits per heavy atom. The van der Waals surface area contributed by atoms with Crippen LogP contribution in [0.4, 0.5) is 0 Å². The summed E-state index contributed by atoms with van der Waals surface area (Å²) in [6, 6.07) is 21.0.